The fourth-order valence-electron chi connectivity index (χ4n) is 2.19. The molecule has 2 aromatic carbocycles. The zero-order valence-electron chi connectivity index (χ0n) is 12.9. The summed E-state index contributed by atoms with van der Waals surface area (Å²) in [5.41, 5.74) is 2.69. The van der Waals surface area contributed by atoms with Crippen molar-refractivity contribution in [3.8, 4) is 11.5 Å². The molecule has 1 unspecified atom stereocenters. The van der Waals surface area contributed by atoms with E-state index in [1.165, 1.54) is 11.8 Å². The quantitative estimate of drug-likeness (QED) is 0.514. The molecule has 0 fully saturated rings. The van der Waals surface area contributed by atoms with Crippen molar-refractivity contribution >= 4 is 17.5 Å². The van der Waals surface area contributed by atoms with Crippen LogP contribution in [-0.2, 0) is 0 Å². The van der Waals surface area contributed by atoms with Gasteiger partial charge in [0, 0.05) is 11.1 Å². The van der Waals surface area contributed by atoms with E-state index in [0.717, 1.165) is 11.1 Å². The maximum atomic E-state index is 12.4. The minimum atomic E-state index is -0.289. The van der Waals surface area contributed by atoms with Crippen LogP contribution < -0.4 is 0 Å². The number of carbonyl (C=O) groups is 1. The van der Waals surface area contributed by atoms with Crippen molar-refractivity contribution in [1.29, 1.82) is 0 Å². The third-order valence-electron chi connectivity index (χ3n) is 3.38. The Morgan fingerprint density at radius 1 is 1.09 bits per heavy atom. The van der Waals surface area contributed by atoms with Crippen molar-refractivity contribution in [2.45, 2.75) is 24.3 Å². The molecule has 1 aromatic heterocycles. The van der Waals surface area contributed by atoms with Crippen LogP contribution in [-0.4, -0.2) is 21.2 Å². The summed E-state index contributed by atoms with van der Waals surface area (Å²) in [5, 5.41) is 8.21. The van der Waals surface area contributed by atoms with E-state index in [-0.39, 0.29) is 11.0 Å². The predicted octanol–water partition coefficient (Wildman–Crippen LogP) is 4.41. The number of aromatic nitrogens is 2. The molecular weight excluding hydrogens is 308 g/mol. The van der Waals surface area contributed by atoms with Gasteiger partial charge in [-0.15, -0.1) is 10.2 Å². The summed E-state index contributed by atoms with van der Waals surface area (Å²) in [6.07, 6.45) is 0. The molecule has 4 nitrogen and oxygen atoms in total. The number of ketones is 1. The highest BCUT2D eigenvalue weighted by atomic mass is 32.2. The maximum Gasteiger partial charge on any atom is 0.277 e. The van der Waals surface area contributed by atoms with Gasteiger partial charge in [0.25, 0.3) is 5.22 Å². The summed E-state index contributed by atoms with van der Waals surface area (Å²) in [6, 6.07) is 17.1. The Labute approximate surface area is 138 Å². The van der Waals surface area contributed by atoms with Crippen LogP contribution in [0.3, 0.4) is 0 Å². The summed E-state index contributed by atoms with van der Waals surface area (Å²) in [7, 11) is 0. The van der Waals surface area contributed by atoms with Gasteiger partial charge in [0.15, 0.2) is 5.78 Å². The Hall–Kier alpha value is -2.40. The lowest BCUT2D eigenvalue weighted by atomic mass is 10.1. The van der Waals surface area contributed by atoms with Crippen LogP contribution >= 0.6 is 11.8 Å². The molecule has 1 heterocycles. The molecule has 3 rings (SSSR count). The number of Topliss-reactive ketones (excluding diaryl/α,β-unsaturated/α-hetero) is 1. The van der Waals surface area contributed by atoms with Crippen LogP contribution in [0, 0.1) is 6.92 Å². The van der Waals surface area contributed by atoms with E-state index in [9.17, 15) is 4.79 Å². The van der Waals surface area contributed by atoms with E-state index in [0.29, 0.717) is 16.7 Å². The first-order chi connectivity index (χ1) is 11.1. The average molecular weight is 324 g/mol. The number of thioether (sulfide) groups is 1. The normalized spacial score (nSPS) is 12.1. The lowest BCUT2D eigenvalue weighted by Gasteiger charge is -2.06. The van der Waals surface area contributed by atoms with Gasteiger partial charge in [-0.2, -0.15) is 0 Å². The number of hydrogen-bond donors (Lipinski definition) is 0. The van der Waals surface area contributed by atoms with Crippen LogP contribution in [0.2, 0.25) is 0 Å². The minimum Gasteiger partial charge on any atom is -0.411 e. The Morgan fingerprint density at radius 3 is 2.61 bits per heavy atom. The van der Waals surface area contributed by atoms with Crippen LogP contribution in [0.5, 0.6) is 0 Å². The van der Waals surface area contributed by atoms with Gasteiger partial charge in [0.2, 0.25) is 5.89 Å². The average Bonchev–Trinajstić information content (AvgIpc) is 3.03. The van der Waals surface area contributed by atoms with Crippen molar-refractivity contribution in [2.24, 2.45) is 0 Å². The molecule has 5 heteroatoms. The third kappa shape index (κ3) is 3.68. The van der Waals surface area contributed by atoms with Crippen LogP contribution in [0.4, 0.5) is 0 Å². The molecule has 0 amide bonds. The topological polar surface area (TPSA) is 56.0 Å². The third-order valence-corrected chi connectivity index (χ3v) is 4.31. The number of rotatable bonds is 5. The highest BCUT2D eigenvalue weighted by molar-refractivity contribution is 8.00. The highest BCUT2D eigenvalue weighted by Crippen LogP contribution is 2.27. The molecule has 1 atom stereocenters. The van der Waals surface area contributed by atoms with E-state index in [2.05, 4.69) is 10.2 Å². The second kappa shape index (κ2) is 6.79. The van der Waals surface area contributed by atoms with Gasteiger partial charge in [-0.05, 0) is 26.0 Å². The number of carbonyl (C=O) groups excluding carboxylic acids is 1. The largest absolute Gasteiger partial charge is 0.411 e. The fourth-order valence-corrected chi connectivity index (χ4v) is 2.95. The first kappa shape index (κ1) is 15.5. The molecule has 0 radical (unpaired) electrons. The van der Waals surface area contributed by atoms with Crippen LogP contribution in [0.15, 0.2) is 64.2 Å². The molecule has 0 N–H and O–H groups in total. The first-order valence-electron chi connectivity index (χ1n) is 7.30. The number of nitrogens with zero attached hydrogens (tertiary/aromatic N) is 2. The van der Waals surface area contributed by atoms with E-state index >= 15 is 0 Å². The van der Waals surface area contributed by atoms with Crippen LogP contribution in [0.25, 0.3) is 11.5 Å². The van der Waals surface area contributed by atoms with E-state index < -0.39 is 0 Å². The molecule has 3 aromatic rings. The number of benzene rings is 2. The van der Waals surface area contributed by atoms with Gasteiger partial charge < -0.3 is 4.42 Å². The molecular formula is C18H16N2O2S. The van der Waals surface area contributed by atoms with Gasteiger partial charge in [0.05, 0.1) is 5.25 Å². The van der Waals surface area contributed by atoms with Crippen molar-refractivity contribution in [3.63, 3.8) is 0 Å². The predicted molar refractivity (Wildman–Crippen MR) is 90.6 cm³/mol. The van der Waals surface area contributed by atoms with Gasteiger partial charge in [0.1, 0.15) is 0 Å². The van der Waals surface area contributed by atoms with Crippen molar-refractivity contribution in [2.75, 3.05) is 0 Å². The summed E-state index contributed by atoms with van der Waals surface area (Å²) in [6.45, 7) is 3.85. The smallest absolute Gasteiger partial charge is 0.277 e. The second-order valence-electron chi connectivity index (χ2n) is 5.23. The second-order valence-corrected chi connectivity index (χ2v) is 6.53. The van der Waals surface area contributed by atoms with E-state index in [1.807, 2.05) is 68.4 Å². The van der Waals surface area contributed by atoms with Crippen LogP contribution in [0.1, 0.15) is 22.8 Å². The molecule has 0 saturated carbocycles. The molecule has 0 aliphatic heterocycles. The van der Waals surface area contributed by atoms with Crippen molar-refractivity contribution < 1.29 is 9.21 Å². The fraction of sp³-hybridized carbons (Fsp3) is 0.167. The van der Waals surface area contributed by atoms with Crippen molar-refractivity contribution in [1.82, 2.24) is 10.2 Å². The van der Waals surface area contributed by atoms with Gasteiger partial charge in [-0.3, -0.25) is 4.79 Å². The standard InChI is InChI=1S/C18H16N2O2S/c1-12-7-6-10-15(11-12)17-19-20-18(22-17)23-13(2)16(21)14-8-4-3-5-9-14/h3-11,13H,1-2H3. The summed E-state index contributed by atoms with van der Waals surface area (Å²) in [5.74, 6) is 0.515. The summed E-state index contributed by atoms with van der Waals surface area (Å²) < 4.78 is 5.67. The lowest BCUT2D eigenvalue weighted by molar-refractivity contribution is 0.0993. The molecule has 0 aliphatic carbocycles. The highest BCUT2D eigenvalue weighted by Gasteiger charge is 2.19. The van der Waals surface area contributed by atoms with Crippen molar-refractivity contribution in [3.05, 3.63) is 65.7 Å². The zero-order chi connectivity index (χ0) is 16.2. The van der Waals surface area contributed by atoms with Gasteiger partial charge in [-0.1, -0.05) is 59.8 Å². The minimum absolute atomic E-state index is 0.0471. The molecule has 0 aliphatic rings. The first-order valence-corrected chi connectivity index (χ1v) is 8.18. The van der Waals surface area contributed by atoms with E-state index in [4.69, 9.17) is 4.42 Å². The van der Waals surface area contributed by atoms with Gasteiger partial charge in [-0.25, -0.2) is 0 Å². The molecule has 0 bridgehead atoms. The monoisotopic (exact) mass is 324 g/mol. The summed E-state index contributed by atoms with van der Waals surface area (Å²) >= 11 is 1.28. The maximum absolute atomic E-state index is 12.4. The lowest BCUT2D eigenvalue weighted by Crippen LogP contribution is -2.13. The Morgan fingerprint density at radius 2 is 1.87 bits per heavy atom. The number of aryl methyl sites for hydroxylation is 1. The SMILES string of the molecule is Cc1cccc(-c2nnc(SC(C)C(=O)c3ccccc3)o2)c1. The van der Waals surface area contributed by atoms with E-state index in [1.54, 1.807) is 0 Å². The molecule has 0 spiro atoms. The number of hydrogen-bond acceptors (Lipinski definition) is 5. The Balaban J connectivity index is 1.73. The Bertz CT molecular complexity index is 815. The molecule has 23 heavy (non-hydrogen) atoms. The summed E-state index contributed by atoms with van der Waals surface area (Å²) in [4.78, 5) is 12.4. The Kier molecular flexibility index (Phi) is 4.57. The van der Waals surface area contributed by atoms with Gasteiger partial charge >= 0.3 is 0 Å². The molecule has 116 valence electrons. The zero-order valence-corrected chi connectivity index (χ0v) is 13.7. The molecule has 0 saturated heterocycles.